The third-order valence-corrected chi connectivity index (χ3v) is 6.47. The van der Waals surface area contributed by atoms with Crippen LogP contribution in [0.3, 0.4) is 0 Å². The number of amides is 1. The fourth-order valence-corrected chi connectivity index (χ4v) is 5.18. The minimum absolute atomic E-state index is 0.0197. The number of carbonyl (C=O) groups is 1. The number of ether oxygens (including phenoxy) is 3. The van der Waals surface area contributed by atoms with Crippen molar-refractivity contribution in [3.05, 3.63) is 70.9 Å². The van der Waals surface area contributed by atoms with E-state index in [4.69, 9.17) is 25.8 Å². The Hall–Kier alpha value is -3.60. The Morgan fingerprint density at radius 1 is 1.11 bits per heavy atom. The molecule has 1 aliphatic heterocycles. The van der Waals surface area contributed by atoms with E-state index < -0.39 is 0 Å². The lowest BCUT2D eigenvalue weighted by atomic mass is 9.85. The maximum atomic E-state index is 13.0. The summed E-state index contributed by atoms with van der Waals surface area (Å²) in [6, 6.07) is 16.0. The first-order chi connectivity index (χ1) is 17.5. The quantitative estimate of drug-likeness (QED) is 0.397. The van der Waals surface area contributed by atoms with Crippen molar-refractivity contribution in [3.8, 4) is 34.6 Å². The number of nitrogens with one attached hydrogen (secondary N) is 1. The number of hydrogen-bond donors (Lipinski definition) is 1. The molecule has 1 fully saturated rings. The SMILES string of the molecule is COc1cc(-c2cccc(Oc3ccc(C(=O)NC4CC(C)(C)OC(C)(C)C4)cc3Cl)c2C#N)ccn1. The van der Waals surface area contributed by atoms with E-state index in [9.17, 15) is 10.1 Å². The van der Waals surface area contributed by atoms with Crippen LogP contribution in [0.5, 0.6) is 17.4 Å². The molecule has 1 saturated heterocycles. The van der Waals surface area contributed by atoms with Gasteiger partial charge in [0.15, 0.2) is 0 Å². The summed E-state index contributed by atoms with van der Waals surface area (Å²) in [5.41, 5.74) is 1.56. The summed E-state index contributed by atoms with van der Waals surface area (Å²) in [7, 11) is 1.54. The largest absolute Gasteiger partial charge is 0.481 e. The molecule has 1 N–H and O–H groups in total. The standard InChI is InChI=1S/C29H30ClN3O4/c1-28(2)15-20(16-29(3,4)37-28)33-27(34)19-9-10-25(23(30)13-19)36-24-8-6-7-21(22(24)17-31)18-11-12-32-26(14-18)35-5/h6-14,20H,15-16H2,1-5H3,(H,33,34). The molecule has 2 heterocycles. The Morgan fingerprint density at radius 3 is 2.49 bits per heavy atom. The number of nitrogens with zero attached hydrogens (tertiary/aromatic N) is 2. The predicted molar refractivity (Wildman–Crippen MR) is 142 cm³/mol. The van der Waals surface area contributed by atoms with Crippen molar-refractivity contribution < 1.29 is 19.0 Å². The first kappa shape index (κ1) is 26.5. The molecule has 1 aliphatic rings. The average Bonchev–Trinajstić information content (AvgIpc) is 2.83. The van der Waals surface area contributed by atoms with Crippen LogP contribution in [-0.2, 0) is 4.74 Å². The third-order valence-electron chi connectivity index (χ3n) is 6.17. The Balaban J connectivity index is 1.54. The van der Waals surface area contributed by atoms with Crippen molar-refractivity contribution in [2.75, 3.05) is 7.11 Å². The normalized spacial score (nSPS) is 16.5. The van der Waals surface area contributed by atoms with Crippen molar-refractivity contribution in [3.63, 3.8) is 0 Å². The number of methoxy groups -OCH3 is 1. The Bertz CT molecular complexity index is 1350. The number of aromatic nitrogens is 1. The molecule has 192 valence electrons. The van der Waals surface area contributed by atoms with Gasteiger partial charge in [0.25, 0.3) is 5.91 Å². The van der Waals surface area contributed by atoms with Gasteiger partial charge in [0.05, 0.1) is 23.3 Å². The van der Waals surface area contributed by atoms with Crippen molar-refractivity contribution in [2.45, 2.75) is 57.8 Å². The lowest BCUT2D eigenvalue weighted by Gasteiger charge is -2.45. The number of pyridine rings is 1. The number of carbonyl (C=O) groups excluding carboxylic acids is 1. The maximum Gasteiger partial charge on any atom is 0.251 e. The van der Waals surface area contributed by atoms with Gasteiger partial charge in [-0.05, 0) is 76.4 Å². The monoisotopic (exact) mass is 519 g/mol. The van der Waals surface area contributed by atoms with Crippen LogP contribution >= 0.6 is 11.6 Å². The molecule has 4 rings (SSSR count). The summed E-state index contributed by atoms with van der Waals surface area (Å²) < 4.78 is 17.4. The van der Waals surface area contributed by atoms with E-state index >= 15 is 0 Å². The first-order valence-corrected chi connectivity index (χ1v) is 12.4. The summed E-state index contributed by atoms with van der Waals surface area (Å²) in [5, 5.41) is 13.3. The molecule has 0 spiro atoms. The van der Waals surface area contributed by atoms with Gasteiger partial charge in [-0.25, -0.2) is 4.98 Å². The molecule has 0 bridgehead atoms. The molecule has 2 aromatic carbocycles. The number of hydrogen-bond acceptors (Lipinski definition) is 6. The summed E-state index contributed by atoms with van der Waals surface area (Å²) in [6.45, 7) is 8.13. The van der Waals surface area contributed by atoms with Gasteiger partial charge in [-0.2, -0.15) is 5.26 Å². The maximum absolute atomic E-state index is 13.0. The van der Waals surface area contributed by atoms with Gasteiger partial charge in [-0.3, -0.25) is 4.79 Å². The van der Waals surface area contributed by atoms with E-state index in [0.29, 0.717) is 46.9 Å². The van der Waals surface area contributed by atoms with Crippen LogP contribution in [0.2, 0.25) is 5.02 Å². The molecule has 8 heteroatoms. The van der Waals surface area contributed by atoms with Gasteiger partial charge in [0.2, 0.25) is 5.88 Å². The van der Waals surface area contributed by atoms with Crippen LogP contribution in [0.15, 0.2) is 54.7 Å². The number of nitriles is 1. The summed E-state index contributed by atoms with van der Waals surface area (Å²) >= 11 is 6.52. The van der Waals surface area contributed by atoms with Crippen LogP contribution in [0.4, 0.5) is 0 Å². The van der Waals surface area contributed by atoms with Crippen molar-refractivity contribution in [2.24, 2.45) is 0 Å². The van der Waals surface area contributed by atoms with Gasteiger partial charge < -0.3 is 19.5 Å². The van der Waals surface area contributed by atoms with Crippen LogP contribution in [0.1, 0.15) is 56.5 Å². The Morgan fingerprint density at radius 2 is 1.84 bits per heavy atom. The zero-order chi connectivity index (χ0) is 26.8. The fraction of sp³-hybridized carbons (Fsp3) is 0.345. The zero-order valence-electron chi connectivity index (χ0n) is 21.6. The van der Waals surface area contributed by atoms with Crippen LogP contribution in [0.25, 0.3) is 11.1 Å². The lowest BCUT2D eigenvalue weighted by molar-refractivity contribution is -0.162. The van der Waals surface area contributed by atoms with E-state index in [1.807, 2.05) is 33.8 Å². The average molecular weight is 520 g/mol. The minimum atomic E-state index is -0.330. The molecule has 0 saturated carbocycles. The Labute approximate surface area is 222 Å². The second-order valence-electron chi connectivity index (χ2n) is 10.3. The van der Waals surface area contributed by atoms with Gasteiger partial charge in [0.1, 0.15) is 23.1 Å². The summed E-state index contributed by atoms with van der Waals surface area (Å²) in [4.78, 5) is 17.1. The van der Waals surface area contributed by atoms with Gasteiger partial charge in [-0.1, -0.05) is 23.7 Å². The molecule has 7 nitrogen and oxygen atoms in total. The predicted octanol–water partition coefficient (Wildman–Crippen LogP) is 6.54. The van der Waals surface area contributed by atoms with E-state index in [-0.39, 0.29) is 28.2 Å². The molecule has 0 aliphatic carbocycles. The number of halogens is 1. The lowest BCUT2D eigenvalue weighted by Crippen LogP contribution is -2.52. The highest BCUT2D eigenvalue weighted by Gasteiger charge is 2.39. The molecular weight excluding hydrogens is 490 g/mol. The molecular formula is C29H30ClN3O4. The second-order valence-corrected chi connectivity index (χ2v) is 10.7. The topological polar surface area (TPSA) is 93.5 Å². The van der Waals surface area contributed by atoms with E-state index in [1.54, 1.807) is 48.7 Å². The highest BCUT2D eigenvalue weighted by atomic mass is 35.5. The highest BCUT2D eigenvalue weighted by molar-refractivity contribution is 6.32. The van der Waals surface area contributed by atoms with Crippen molar-refractivity contribution >= 4 is 17.5 Å². The van der Waals surface area contributed by atoms with E-state index in [1.165, 1.54) is 7.11 Å². The molecule has 0 unspecified atom stereocenters. The van der Waals surface area contributed by atoms with Crippen molar-refractivity contribution in [1.29, 1.82) is 5.26 Å². The molecule has 0 radical (unpaired) electrons. The Kier molecular flexibility index (Phi) is 7.44. The smallest absolute Gasteiger partial charge is 0.251 e. The van der Waals surface area contributed by atoms with Crippen LogP contribution < -0.4 is 14.8 Å². The number of rotatable bonds is 6. The molecule has 37 heavy (non-hydrogen) atoms. The zero-order valence-corrected chi connectivity index (χ0v) is 22.3. The van der Waals surface area contributed by atoms with Gasteiger partial charge in [-0.15, -0.1) is 0 Å². The van der Waals surface area contributed by atoms with Crippen LogP contribution in [0, 0.1) is 11.3 Å². The summed E-state index contributed by atoms with van der Waals surface area (Å²) in [6.07, 6.45) is 3.05. The highest BCUT2D eigenvalue weighted by Crippen LogP contribution is 2.37. The van der Waals surface area contributed by atoms with Crippen LogP contribution in [-0.4, -0.2) is 35.2 Å². The summed E-state index contributed by atoms with van der Waals surface area (Å²) in [5.74, 6) is 0.921. The van der Waals surface area contributed by atoms with E-state index in [2.05, 4.69) is 16.4 Å². The van der Waals surface area contributed by atoms with Gasteiger partial charge in [0, 0.05) is 29.4 Å². The fourth-order valence-electron chi connectivity index (χ4n) is 4.97. The second kappa shape index (κ2) is 10.4. The molecule has 1 amide bonds. The molecule has 3 aromatic rings. The molecule has 0 atom stereocenters. The third kappa shape index (κ3) is 6.22. The van der Waals surface area contributed by atoms with E-state index in [0.717, 1.165) is 5.56 Å². The number of benzene rings is 2. The van der Waals surface area contributed by atoms with Gasteiger partial charge >= 0.3 is 0 Å². The first-order valence-electron chi connectivity index (χ1n) is 12.0. The molecule has 1 aromatic heterocycles. The van der Waals surface area contributed by atoms with Crippen molar-refractivity contribution in [1.82, 2.24) is 10.3 Å². The minimum Gasteiger partial charge on any atom is -0.481 e.